The van der Waals surface area contributed by atoms with Gasteiger partial charge < -0.3 is 0 Å². The molecule has 16 heavy (non-hydrogen) atoms. The molecule has 0 aromatic rings. The van der Waals surface area contributed by atoms with Crippen molar-refractivity contribution >= 4 is 27.8 Å². The van der Waals surface area contributed by atoms with Gasteiger partial charge in [0.15, 0.2) is 5.56 Å². The van der Waals surface area contributed by atoms with E-state index in [9.17, 15) is 17.7 Å². The molecule has 3 atom stereocenters. The van der Waals surface area contributed by atoms with Crippen molar-refractivity contribution in [2.24, 2.45) is 5.41 Å². The summed E-state index contributed by atoms with van der Waals surface area (Å²) in [4.78, 5) is 0. The van der Waals surface area contributed by atoms with E-state index in [0.717, 1.165) is 0 Å². The highest BCUT2D eigenvalue weighted by Gasteiger charge is 2.57. The van der Waals surface area contributed by atoms with Gasteiger partial charge in [-0.1, -0.05) is 11.6 Å². The molecule has 0 amide bonds. The molecule has 0 aromatic heterocycles. The summed E-state index contributed by atoms with van der Waals surface area (Å²) >= 11 is 5.65. The molecule has 2 heterocycles. The molecule has 0 bridgehead atoms. The van der Waals surface area contributed by atoms with Gasteiger partial charge in [0.05, 0.1) is 13.2 Å². The lowest BCUT2D eigenvalue weighted by Gasteiger charge is -2.43. The van der Waals surface area contributed by atoms with Crippen molar-refractivity contribution in [1.29, 1.82) is 0 Å². The van der Waals surface area contributed by atoms with Gasteiger partial charge in [-0.3, -0.25) is 22.7 Å². The van der Waals surface area contributed by atoms with Crippen molar-refractivity contribution in [1.82, 2.24) is 0 Å². The molecule has 0 N–H and O–H groups in total. The Morgan fingerprint density at radius 1 is 1.38 bits per heavy atom. The van der Waals surface area contributed by atoms with Crippen LogP contribution in [0.1, 0.15) is 0 Å². The van der Waals surface area contributed by atoms with Crippen molar-refractivity contribution in [3.8, 4) is 0 Å². The number of rotatable bonds is 0. The lowest BCUT2D eigenvalue weighted by molar-refractivity contribution is -0.172. The quantitative estimate of drug-likeness (QED) is 0.505. The molecule has 2 aliphatic rings. The van der Waals surface area contributed by atoms with Crippen LogP contribution in [0.15, 0.2) is 0 Å². The van der Waals surface area contributed by atoms with Crippen LogP contribution in [0.5, 0.6) is 0 Å². The van der Waals surface area contributed by atoms with Gasteiger partial charge in [0.2, 0.25) is 6.36 Å². The second-order valence-electron chi connectivity index (χ2n) is 3.33. The fraction of sp³-hybridized carbons (Fsp3) is 1.00. The molecular weight excluding hydrogens is 291 g/mol. The lowest BCUT2D eigenvalue weighted by Crippen LogP contribution is -2.52. The fourth-order valence-electron chi connectivity index (χ4n) is 1.27. The largest absolute Gasteiger partial charge is 0.513 e. The van der Waals surface area contributed by atoms with E-state index < -0.39 is 46.7 Å². The number of hydrogen-bond acceptors (Lipinski definition) is 6. The molecule has 3 unspecified atom stereocenters. The summed E-state index contributed by atoms with van der Waals surface area (Å²) in [6.45, 7) is -1.30. The van der Waals surface area contributed by atoms with Crippen molar-refractivity contribution < 1.29 is 35.8 Å². The first kappa shape index (κ1) is 12.9. The molecule has 94 valence electrons. The predicted molar refractivity (Wildman–Crippen MR) is 48.8 cm³/mol. The first-order valence-electron chi connectivity index (χ1n) is 4.10. The maximum absolute atomic E-state index is 13.5. The van der Waals surface area contributed by atoms with Crippen LogP contribution in [-0.2, 0) is 27.2 Å². The molecule has 11 heteroatoms. The zero-order valence-electron chi connectivity index (χ0n) is 7.60. The van der Waals surface area contributed by atoms with Crippen molar-refractivity contribution in [2.45, 2.75) is 11.9 Å². The third kappa shape index (κ3) is 2.20. The Morgan fingerprint density at radius 3 is 2.44 bits per heavy atom. The highest BCUT2D eigenvalue weighted by Crippen LogP contribution is 2.60. The zero-order chi connectivity index (χ0) is 12.0. The monoisotopic (exact) mass is 298 g/mol. The molecule has 1 spiro atoms. The third-order valence-corrected chi connectivity index (χ3v) is 4.65. The van der Waals surface area contributed by atoms with E-state index in [1.54, 1.807) is 0 Å². The zero-order valence-corrected chi connectivity index (χ0v) is 10.2. The Morgan fingerprint density at radius 2 is 1.94 bits per heavy atom. The van der Waals surface area contributed by atoms with E-state index in [1.165, 1.54) is 0 Å². The van der Waals surface area contributed by atoms with Gasteiger partial charge in [-0.05, 0) is 0 Å². The summed E-state index contributed by atoms with van der Waals surface area (Å²) in [5.74, 6) is 0. The average molecular weight is 299 g/mol. The van der Waals surface area contributed by atoms with E-state index in [4.69, 9.17) is 11.6 Å². The molecule has 2 saturated heterocycles. The number of alkyl halides is 2. The van der Waals surface area contributed by atoms with Gasteiger partial charge in [0.1, 0.15) is 5.41 Å². The second kappa shape index (κ2) is 4.28. The van der Waals surface area contributed by atoms with E-state index in [1.807, 2.05) is 0 Å². The first-order chi connectivity index (χ1) is 7.36. The van der Waals surface area contributed by atoms with Crippen LogP contribution in [-0.4, -0.2) is 25.1 Å². The van der Waals surface area contributed by atoms with Gasteiger partial charge in [0.25, 0.3) is 0 Å². The number of hydrogen-bond donors (Lipinski definition) is 0. The van der Waals surface area contributed by atoms with Gasteiger partial charge in [0, 0.05) is 0 Å². The first-order valence-corrected chi connectivity index (χ1v) is 7.19. The van der Waals surface area contributed by atoms with E-state index >= 15 is 0 Å². The lowest BCUT2D eigenvalue weighted by atomic mass is 9.91. The van der Waals surface area contributed by atoms with Gasteiger partial charge in [-0.25, -0.2) is 8.96 Å². The Labute approximate surface area is 94.7 Å². The van der Waals surface area contributed by atoms with Crippen LogP contribution in [0, 0.1) is 5.41 Å². The topological polar surface area (TPSA) is 71.1 Å². The molecule has 0 radical (unpaired) electrons. The number of halogens is 3. The van der Waals surface area contributed by atoms with Crippen LogP contribution in [0.4, 0.5) is 8.59 Å². The maximum atomic E-state index is 13.5. The van der Waals surface area contributed by atoms with Crippen LogP contribution in [0.3, 0.4) is 0 Å². The molecule has 0 saturated carbocycles. The molecule has 2 rings (SSSR count). The van der Waals surface area contributed by atoms with E-state index in [-0.39, 0.29) is 0 Å². The van der Waals surface area contributed by atoms with Crippen LogP contribution in [0.25, 0.3) is 0 Å². The smallest absolute Gasteiger partial charge is 0.290 e. The Kier molecular flexibility index (Phi) is 3.45. The summed E-state index contributed by atoms with van der Waals surface area (Å²) in [7, 11) is -7.68. The Hall–Kier alpha value is 0.450. The summed E-state index contributed by atoms with van der Waals surface area (Å²) < 4.78 is 65.2. The molecule has 0 aromatic carbocycles. The molecule has 0 aliphatic carbocycles. The van der Waals surface area contributed by atoms with Crippen molar-refractivity contribution in [2.75, 3.05) is 13.2 Å². The SMILES string of the molecule is O=[PH]1OC(F)C2(COP(=O)(F)OC2)C(Cl)O1. The maximum Gasteiger partial charge on any atom is 0.513 e. The summed E-state index contributed by atoms with van der Waals surface area (Å²) in [6, 6.07) is 0. The van der Waals surface area contributed by atoms with Gasteiger partial charge >= 0.3 is 16.2 Å². The minimum absolute atomic E-state index is 0.648. The summed E-state index contributed by atoms with van der Waals surface area (Å²) in [6.07, 6.45) is -2.10. The van der Waals surface area contributed by atoms with Crippen molar-refractivity contribution in [3.05, 3.63) is 0 Å². The molecular formula is C5H7ClF2O6P2. The summed E-state index contributed by atoms with van der Waals surface area (Å²) in [5, 5.41) is 0. The Balaban J connectivity index is 2.18. The van der Waals surface area contributed by atoms with E-state index in [2.05, 4.69) is 18.1 Å². The highest BCUT2D eigenvalue weighted by atomic mass is 35.5. The minimum atomic E-state index is -4.65. The fourth-order valence-corrected chi connectivity index (χ4v) is 3.44. The standard InChI is InChI=1S/C5H7ClF2O6P2/c6-3-5(4(7)14-15(9)13-3)1-11-16(8,10)12-2-5/h3-4,15H,1-2H2. The highest BCUT2D eigenvalue weighted by molar-refractivity contribution is 7.48. The molecule has 2 fully saturated rings. The van der Waals surface area contributed by atoms with Crippen LogP contribution < -0.4 is 0 Å². The normalized spacial score (nSPS) is 54.1. The van der Waals surface area contributed by atoms with Crippen LogP contribution in [0.2, 0.25) is 0 Å². The van der Waals surface area contributed by atoms with Crippen LogP contribution >= 0.6 is 27.8 Å². The Bertz CT molecular complexity index is 339. The second-order valence-corrected chi connectivity index (χ2v) is 6.07. The summed E-state index contributed by atoms with van der Waals surface area (Å²) in [5.41, 5.74) is -3.04. The van der Waals surface area contributed by atoms with Gasteiger partial charge in [-0.15, -0.1) is 4.20 Å². The minimum Gasteiger partial charge on any atom is -0.290 e. The van der Waals surface area contributed by atoms with E-state index in [0.29, 0.717) is 0 Å². The molecule has 6 nitrogen and oxygen atoms in total. The molecule has 2 aliphatic heterocycles. The predicted octanol–water partition coefficient (Wildman–Crippen LogP) is 2.39. The van der Waals surface area contributed by atoms with Crippen molar-refractivity contribution in [3.63, 3.8) is 0 Å². The third-order valence-electron chi connectivity index (χ3n) is 2.28. The van der Waals surface area contributed by atoms with Gasteiger partial charge in [-0.2, -0.15) is 0 Å². The average Bonchev–Trinajstić information content (AvgIpc) is 2.15.